The number of para-hydroxylation sites is 1. The Hall–Kier alpha value is -2.68. The van der Waals surface area contributed by atoms with E-state index in [2.05, 4.69) is 0 Å². The van der Waals surface area contributed by atoms with Crippen molar-refractivity contribution in [1.82, 2.24) is 9.55 Å². The lowest BCUT2D eigenvalue weighted by Gasteiger charge is -2.22. The van der Waals surface area contributed by atoms with Crippen LogP contribution in [0, 0.1) is 0 Å². The number of carbonyl (C=O) groups excluding carboxylic acids is 1. The molecular formula is C21H20N2O5S. The van der Waals surface area contributed by atoms with Gasteiger partial charge in [-0.1, -0.05) is 30.0 Å². The van der Waals surface area contributed by atoms with Gasteiger partial charge in [-0.3, -0.25) is 9.36 Å². The zero-order valence-corrected chi connectivity index (χ0v) is 16.7. The summed E-state index contributed by atoms with van der Waals surface area (Å²) in [5.41, 5.74) is 1.36. The van der Waals surface area contributed by atoms with Gasteiger partial charge in [-0.2, -0.15) is 0 Å². The molecule has 0 spiro atoms. The molecule has 2 aromatic carbocycles. The molecule has 150 valence electrons. The number of methoxy groups -OCH3 is 1. The molecule has 4 rings (SSSR count). The summed E-state index contributed by atoms with van der Waals surface area (Å²) in [7, 11) is 1.32. The van der Waals surface area contributed by atoms with Crippen molar-refractivity contribution in [2.24, 2.45) is 0 Å². The molecule has 1 aromatic heterocycles. The van der Waals surface area contributed by atoms with Crippen molar-refractivity contribution in [3.05, 3.63) is 64.4 Å². The fourth-order valence-corrected chi connectivity index (χ4v) is 4.19. The Morgan fingerprint density at radius 1 is 1.28 bits per heavy atom. The molecule has 0 saturated carbocycles. The smallest absolute Gasteiger partial charge is 0.337 e. The van der Waals surface area contributed by atoms with E-state index in [0.29, 0.717) is 34.0 Å². The van der Waals surface area contributed by atoms with Crippen LogP contribution in [0.3, 0.4) is 0 Å². The van der Waals surface area contributed by atoms with E-state index in [9.17, 15) is 9.59 Å². The number of hydrogen-bond donors (Lipinski definition) is 0. The van der Waals surface area contributed by atoms with Crippen LogP contribution in [0.1, 0.15) is 16.8 Å². The van der Waals surface area contributed by atoms with Gasteiger partial charge in [-0.25, -0.2) is 9.78 Å². The van der Waals surface area contributed by atoms with Crippen LogP contribution in [-0.4, -0.2) is 47.9 Å². The van der Waals surface area contributed by atoms with Crippen LogP contribution in [0.25, 0.3) is 16.6 Å². The highest BCUT2D eigenvalue weighted by molar-refractivity contribution is 7.99. The van der Waals surface area contributed by atoms with E-state index >= 15 is 0 Å². The number of benzene rings is 2. The van der Waals surface area contributed by atoms with E-state index in [4.69, 9.17) is 19.2 Å². The second-order valence-electron chi connectivity index (χ2n) is 6.51. The molecule has 2 heterocycles. The van der Waals surface area contributed by atoms with Crippen molar-refractivity contribution in [2.75, 3.05) is 26.3 Å². The van der Waals surface area contributed by atoms with Crippen LogP contribution in [0.5, 0.6) is 0 Å². The van der Waals surface area contributed by atoms with Crippen molar-refractivity contribution < 1.29 is 19.0 Å². The van der Waals surface area contributed by atoms with Gasteiger partial charge in [0.15, 0.2) is 5.16 Å². The molecule has 29 heavy (non-hydrogen) atoms. The molecule has 0 bridgehead atoms. The molecule has 7 nitrogen and oxygen atoms in total. The van der Waals surface area contributed by atoms with E-state index in [1.54, 1.807) is 22.8 Å². The normalized spacial score (nSPS) is 16.7. The minimum absolute atomic E-state index is 0.0342. The van der Waals surface area contributed by atoms with Gasteiger partial charge < -0.3 is 14.2 Å². The van der Waals surface area contributed by atoms with Crippen molar-refractivity contribution in [2.45, 2.75) is 17.7 Å². The van der Waals surface area contributed by atoms with Crippen molar-refractivity contribution in [3.8, 4) is 5.69 Å². The summed E-state index contributed by atoms with van der Waals surface area (Å²) in [6.07, 6.45) is 0.829. The molecule has 0 N–H and O–H groups in total. The van der Waals surface area contributed by atoms with Crippen LogP contribution in [0.15, 0.2) is 58.5 Å². The average molecular weight is 412 g/mol. The van der Waals surface area contributed by atoms with Gasteiger partial charge >= 0.3 is 5.97 Å². The molecule has 1 fully saturated rings. The maximum absolute atomic E-state index is 13.3. The molecule has 0 aliphatic carbocycles. The van der Waals surface area contributed by atoms with Crippen molar-refractivity contribution in [1.29, 1.82) is 0 Å². The summed E-state index contributed by atoms with van der Waals surface area (Å²) < 4.78 is 17.2. The minimum atomic E-state index is -0.467. The molecule has 0 unspecified atom stereocenters. The molecule has 1 aliphatic heterocycles. The van der Waals surface area contributed by atoms with Crippen LogP contribution in [-0.2, 0) is 14.2 Å². The Bertz CT molecular complexity index is 1080. The van der Waals surface area contributed by atoms with Gasteiger partial charge in [0.2, 0.25) is 0 Å². The number of aromatic nitrogens is 2. The standard InChI is InChI=1S/C21H20N2O5S/c1-26-20(25)14-7-8-17-18(11-14)22-21(29-12-16-9-10-27-13-28-16)23(19(17)24)15-5-3-2-4-6-15/h2-8,11,16H,9-10,12-13H2,1H3/t16-/m1/s1. The molecular weight excluding hydrogens is 392 g/mol. The van der Waals surface area contributed by atoms with E-state index in [1.165, 1.54) is 18.9 Å². The van der Waals surface area contributed by atoms with E-state index in [0.717, 1.165) is 12.1 Å². The number of hydrogen-bond acceptors (Lipinski definition) is 7. The largest absolute Gasteiger partial charge is 0.465 e. The monoisotopic (exact) mass is 412 g/mol. The SMILES string of the molecule is COC(=O)c1ccc2c(=O)n(-c3ccccc3)c(SC[C@H]3CCOCO3)nc2c1. The first-order chi connectivity index (χ1) is 14.2. The molecule has 1 saturated heterocycles. The number of rotatable bonds is 5. The summed E-state index contributed by atoms with van der Waals surface area (Å²) in [5, 5.41) is 0.985. The van der Waals surface area contributed by atoms with Crippen LogP contribution in [0.4, 0.5) is 0 Å². The topological polar surface area (TPSA) is 79.7 Å². The number of esters is 1. The number of ether oxygens (including phenoxy) is 3. The zero-order chi connectivity index (χ0) is 20.2. The molecule has 8 heteroatoms. The molecule has 1 atom stereocenters. The van der Waals surface area contributed by atoms with E-state index < -0.39 is 5.97 Å². The molecule has 0 radical (unpaired) electrons. The fraction of sp³-hybridized carbons (Fsp3) is 0.286. The minimum Gasteiger partial charge on any atom is -0.465 e. The first-order valence-electron chi connectivity index (χ1n) is 9.20. The Morgan fingerprint density at radius 2 is 2.10 bits per heavy atom. The van der Waals surface area contributed by atoms with Crippen LogP contribution in [0.2, 0.25) is 0 Å². The molecule has 0 amide bonds. The predicted octanol–water partition coefficient (Wildman–Crippen LogP) is 3.03. The molecule has 3 aromatic rings. The third-order valence-corrected chi connectivity index (χ3v) is 5.71. The second-order valence-corrected chi connectivity index (χ2v) is 7.50. The second kappa shape index (κ2) is 8.77. The van der Waals surface area contributed by atoms with E-state index in [-0.39, 0.29) is 18.5 Å². The summed E-state index contributed by atoms with van der Waals surface area (Å²) in [6.45, 7) is 0.939. The van der Waals surface area contributed by atoms with Gasteiger partial charge in [0.1, 0.15) is 6.79 Å². The summed E-state index contributed by atoms with van der Waals surface area (Å²) >= 11 is 1.45. The fourth-order valence-electron chi connectivity index (χ4n) is 3.11. The van der Waals surface area contributed by atoms with Crippen LogP contribution >= 0.6 is 11.8 Å². The highest BCUT2D eigenvalue weighted by Crippen LogP contribution is 2.24. The number of nitrogens with zero attached hydrogens (tertiary/aromatic N) is 2. The first kappa shape index (κ1) is 19.6. The average Bonchev–Trinajstić information content (AvgIpc) is 2.78. The summed E-state index contributed by atoms with van der Waals surface area (Å²) in [4.78, 5) is 29.9. The van der Waals surface area contributed by atoms with Crippen molar-refractivity contribution >= 4 is 28.6 Å². The van der Waals surface area contributed by atoms with E-state index in [1.807, 2.05) is 30.3 Å². The lowest BCUT2D eigenvalue weighted by molar-refractivity contribution is -0.130. The Balaban J connectivity index is 1.80. The van der Waals surface area contributed by atoms with Gasteiger partial charge in [-0.15, -0.1) is 0 Å². The predicted molar refractivity (Wildman–Crippen MR) is 110 cm³/mol. The quantitative estimate of drug-likeness (QED) is 0.362. The van der Waals surface area contributed by atoms with Gasteiger partial charge in [-0.05, 0) is 36.8 Å². The molecule has 1 aliphatic rings. The van der Waals surface area contributed by atoms with Gasteiger partial charge in [0.05, 0.1) is 42.0 Å². The summed E-state index contributed by atoms with van der Waals surface area (Å²) in [6, 6.07) is 14.2. The number of thioether (sulfide) groups is 1. The van der Waals surface area contributed by atoms with Gasteiger partial charge in [0.25, 0.3) is 5.56 Å². The van der Waals surface area contributed by atoms with Gasteiger partial charge in [0, 0.05) is 5.75 Å². The van der Waals surface area contributed by atoms with Crippen molar-refractivity contribution in [3.63, 3.8) is 0 Å². The third kappa shape index (κ3) is 4.19. The highest BCUT2D eigenvalue weighted by atomic mass is 32.2. The Labute approximate surface area is 171 Å². The Morgan fingerprint density at radius 3 is 2.83 bits per heavy atom. The number of carbonyl (C=O) groups is 1. The lowest BCUT2D eigenvalue weighted by atomic mass is 10.1. The first-order valence-corrected chi connectivity index (χ1v) is 10.2. The highest BCUT2D eigenvalue weighted by Gasteiger charge is 2.19. The summed E-state index contributed by atoms with van der Waals surface area (Å²) in [5.74, 6) is 0.177. The Kier molecular flexibility index (Phi) is 5.94. The zero-order valence-electron chi connectivity index (χ0n) is 15.9. The maximum Gasteiger partial charge on any atom is 0.337 e. The van der Waals surface area contributed by atoms with Crippen LogP contribution < -0.4 is 5.56 Å². The number of fused-ring (bicyclic) bond motifs is 1. The maximum atomic E-state index is 13.3. The third-order valence-electron chi connectivity index (χ3n) is 4.64. The lowest BCUT2D eigenvalue weighted by Crippen LogP contribution is -2.27.